The van der Waals surface area contributed by atoms with E-state index in [1.54, 1.807) is 13.2 Å². The van der Waals surface area contributed by atoms with E-state index in [-0.39, 0.29) is 11.4 Å². The van der Waals surface area contributed by atoms with Gasteiger partial charge in [0.1, 0.15) is 11.6 Å². The van der Waals surface area contributed by atoms with Crippen molar-refractivity contribution in [1.82, 2.24) is 9.21 Å². The highest BCUT2D eigenvalue weighted by molar-refractivity contribution is 7.89. The Bertz CT molecular complexity index is 868. The van der Waals surface area contributed by atoms with Crippen molar-refractivity contribution in [2.75, 3.05) is 46.5 Å². The molecule has 0 spiro atoms. The van der Waals surface area contributed by atoms with Gasteiger partial charge < -0.3 is 9.47 Å². The summed E-state index contributed by atoms with van der Waals surface area (Å²) in [6.45, 7) is 3.94. The predicted octanol–water partition coefficient (Wildman–Crippen LogP) is 2.36. The maximum Gasteiger partial charge on any atom is 0.243 e. The summed E-state index contributed by atoms with van der Waals surface area (Å²) in [5.74, 6) is 0.164. The topological polar surface area (TPSA) is 59.1 Å². The van der Waals surface area contributed by atoms with Gasteiger partial charge in [0.2, 0.25) is 10.0 Å². The Hall–Kier alpha value is -2.00. The van der Waals surface area contributed by atoms with Crippen molar-refractivity contribution in [3.63, 3.8) is 0 Å². The number of benzene rings is 2. The Balaban J connectivity index is 1.85. The molecule has 8 heteroatoms. The fourth-order valence-electron chi connectivity index (χ4n) is 3.14. The fraction of sp³-hybridized carbons (Fsp3) is 0.400. The van der Waals surface area contributed by atoms with Crippen LogP contribution in [0.15, 0.2) is 53.4 Å². The summed E-state index contributed by atoms with van der Waals surface area (Å²) in [5, 5.41) is 0. The third kappa shape index (κ3) is 5.08. The maximum atomic E-state index is 13.3. The van der Waals surface area contributed by atoms with Crippen molar-refractivity contribution in [2.45, 2.75) is 11.4 Å². The monoisotopic (exact) mass is 408 g/mol. The van der Waals surface area contributed by atoms with Gasteiger partial charge in [0, 0.05) is 38.3 Å². The molecule has 0 aromatic heterocycles. The number of ether oxygens (including phenoxy) is 2. The van der Waals surface area contributed by atoms with Gasteiger partial charge in [0.05, 0.1) is 25.2 Å². The number of rotatable bonds is 8. The molecular formula is C20H25FN2O4S. The van der Waals surface area contributed by atoms with E-state index in [1.165, 1.54) is 16.4 Å². The lowest BCUT2D eigenvalue weighted by molar-refractivity contribution is 0.0361. The van der Waals surface area contributed by atoms with Gasteiger partial charge in [-0.1, -0.05) is 18.2 Å². The largest absolute Gasteiger partial charge is 0.496 e. The van der Waals surface area contributed by atoms with Crippen LogP contribution < -0.4 is 4.74 Å². The second-order valence-electron chi connectivity index (χ2n) is 6.56. The number of sulfonamides is 1. The minimum atomic E-state index is -3.79. The number of hydrogen-bond donors (Lipinski definition) is 0. The van der Waals surface area contributed by atoms with Crippen LogP contribution in [0.4, 0.5) is 4.39 Å². The minimum absolute atomic E-state index is 0.0748. The van der Waals surface area contributed by atoms with Crippen LogP contribution in [0.5, 0.6) is 5.75 Å². The molecule has 3 rings (SSSR count). The van der Waals surface area contributed by atoms with Gasteiger partial charge >= 0.3 is 0 Å². The zero-order chi connectivity index (χ0) is 20.0. The van der Waals surface area contributed by atoms with Crippen LogP contribution >= 0.6 is 0 Å². The van der Waals surface area contributed by atoms with E-state index in [1.807, 2.05) is 18.2 Å². The van der Waals surface area contributed by atoms with Gasteiger partial charge in [0.15, 0.2) is 0 Å². The summed E-state index contributed by atoms with van der Waals surface area (Å²) in [5.41, 5.74) is 0.776. The van der Waals surface area contributed by atoms with Crippen molar-refractivity contribution in [1.29, 1.82) is 0 Å². The van der Waals surface area contributed by atoms with Crippen molar-refractivity contribution < 1.29 is 22.3 Å². The second kappa shape index (κ2) is 9.47. The summed E-state index contributed by atoms with van der Waals surface area (Å²) in [6.07, 6.45) is 0. The van der Waals surface area contributed by atoms with Gasteiger partial charge in [-0.2, -0.15) is 4.31 Å². The van der Waals surface area contributed by atoms with Crippen molar-refractivity contribution in [3.8, 4) is 5.75 Å². The Morgan fingerprint density at radius 2 is 1.79 bits per heavy atom. The van der Waals surface area contributed by atoms with Crippen molar-refractivity contribution in [3.05, 3.63) is 59.9 Å². The molecule has 0 saturated carbocycles. The number of hydrogen-bond acceptors (Lipinski definition) is 5. The van der Waals surface area contributed by atoms with Gasteiger partial charge in [-0.15, -0.1) is 0 Å². The third-order valence-corrected chi connectivity index (χ3v) is 6.62. The highest BCUT2D eigenvalue weighted by Crippen LogP contribution is 2.24. The van der Waals surface area contributed by atoms with Gasteiger partial charge in [-0.25, -0.2) is 12.8 Å². The third-order valence-electron chi connectivity index (χ3n) is 4.76. The van der Waals surface area contributed by atoms with E-state index < -0.39 is 15.8 Å². The summed E-state index contributed by atoms with van der Waals surface area (Å²) >= 11 is 0. The number of methoxy groups -OCH3 is 1. The van der Waals surface area contributed by atoms with E-state index in [9.17, 15) is 12.8 Å². The molecule has 2 aromatic rings. The van der Waals surface area contributed by atoms with E-state index in [0.717, 1.165) is 30.8 Å². The normalized spacial score (nSPS) is 15.7. The molecule has 1 heterocycles. The van der Waals surface area contributed by atoms with Crippen LogP contribution in [0.2, 0.25) is 0 Å². The molecular weight excluding hydrogens is 383 g/mol. The van der Waals surface area contributed by atoms with E-state index in [2.05, 4.69) is 4.90 Å². The van der Waals surface area contributed by atoms with Crippen molar-refractivity contribution >= 4 is 10.0 Å². The molecule has 2 aromatic carbocycles. The number of nitrogens with zero attached hydrogens (tertiary/aromatic N) is 2. The van der Waals surface area contributed by atoms with Crippen molar-refractivity contribution in [2.24, 2.45) is 0 Å². The standard InChI is InChI=1S/C20H25FN2O4S/c1-26-20-5-3-2-4-17(20)16-23(11-10-22-12-14-27-15-13-22)28(24,25)19-8-6-18(21)7-9-19/h2-9H,10-16H2,1H3. The lowest BCUT2D eigenvalue weighted by atomic mass is 10.2. The molecule has 1 saturated heterocycles. The Labute approximate surface area is 165 Å². The smallest absolute Gasteiger partial charge is 0.243 e. The summed E-state index contributed by atoms with van der Waals surface area (Å²) < 4.78 is 51.9. The lowest BCUT2D eigenvalue weighted by Gasteiger charge is -2.30. The van der Waals surface area contributed by atoms with Crippen LogP contribution in [0.1, 0.15) is 5.56 Å². The van der Waals surface area contributed by atoms with Crippen LogP contribution in [-0.2, 0) is 21.3 Å². The molecule has 6 nitrogen and oxygen atoms in total. The molecule has 1 aliphatic rings. The molecule has 1 fully saturated rings. The molecule has 0 unspecified atom stereocenters. The molecule has 28 heavy (non-hydrogen) atoms. The average Bonchev–Trinajstić information content (AvgIpc) is 2.72. The molecule has 0 bridgehead atoms. The summed E-state index contributed by atoms with van der Waals surface area (Å²) in [6, 6.07) is 12.3. The molecule has 152 valence electrons. The first-order valence-electron chi connectivity index (χ1n) is 9.18. The minimum Gasteiger partial charge on any atom is -0.496 e. The highest BCUT2D eigenvalue weighted by Gasteiger charge is 2.26. The first-order chi connectivity index (χ1) is 13.5. The number of morpholine rings is 1. The molecule has 0 radical (unpaired) electrons. The predicted molar refractivity (Wildman–Crippen MR) is 104 cm³/mol. The second-order valence-corrected chi connectivity index (χ2v) is 8.50. The molecule has 0 amide bonds. The van der Waals surface area contributed by atoms with Gasteiger partial charge in [0.25, 0.3) is 0 Å². The first kappa shape index (κ1) is 20.7. The zero-order valence-corrected chi connectivity index (χ0v) is 16.7. The van der Waals surface area contributed by atoms with Crippen LogP contribution in [0, 0.1) is 5.82 Å². The van der Waals surface area contributed by atoms with Crippen LogP contribution in [-0.4, -0.2) is 64.1 Å². The molecule has 0 N–H and O–H groups in total. The zero-order valence-electron chi connectivity index (χ0n) is 15.9. The maximum absolute atomic E-state index is 13.3. The Morgan fingerprint density at radius 3 is 2.46 bits per heavy atom. The van der Waals surface area contributed by atoms with E-state index in [4.69, 9.17) is 9.47 Å². The molecule has 0 aliphatic carbocycles. The average molecular weight is 408 g/mol. The highest BCUT2D eigenvalue weighted by atomic mass is 32.2. The molecule has 1 aliphatic heterocycles. The molecule has 0 atom stereocenters. The van der Waals surface area contributed by atoms with Crippen LogP contribution in [0.3, 0.4) is 0 Å². The van der Waals surface area contributed by atoms with Gasteiger partial charge in [-0.3, -0.25) is 4.90 Å². The quantitative estimate of drug-likeness (QED) is 0.671. The summed E-state index contributed by atoms with van der Waals surface area (Å²) in [7, 11) is -2.23. The van der Waals surface area contributed by atoms with Gasteiger partial charge in [-0.05, 0) is 30.3 Å². The van der Waals surface area contributed by atoms with Crippen LogP contribution in [0.25, 0.3) is 0 Å². The SMILES string of the molecule is COc1ccccc1CN(CCN1CCOCC1)S(=O)(=O)c1ccc(F)cc1. The number of halogens is 1. The number of para-hydroxylation sites is 1. The lowest BCUT2D eigenvalue weighted by Crippen LogP contribution is -2.42. The first-order valence-corrected chi connectivity index (χ1v) is 10.6. The Morgan fingerprint density at radius 1 is 1.11 bits per heavy atom. The summed E-state index contributed by atoms with van der Waals surface area (Å²) in [4.78, 5) is 2.25. The Kier molecular flexibility index (Phi) is 7.01. The fourth-order valence-corrected chi connectivity index (χ4v) is 4.55. The van der Waals surface area contributed by atoms with E-state index >= 15 is 0 Å². The van der Waals surface area contributed by atoms with E-state index in [0.29, 0.717) is 32.1 Å².